The molecule has 1 rings (SSSR count). The Morgan fingerprint density at radius 2 is 1.73 bits per heavy atom. The van der Waals surface area contributed by atoms with Gasteiger partial charge in [0.2, 0.25) is 0 Å². The van der Waals surface area contributed by atoms with Gasteiger partial charge in [-0.05, 0) is 12.1 Å². The van der Waals surface area contributed by atoms with Crippen LogP contribution in [0.2, 0.25) is 0 Å². The Morgan fingerprint density at radius 3 is 1.93 bits per heavy atom. The number of pyridine rings is 1. The summed E-state index contributed by atoms with van der Waals surface area (Å²) in [6.07, 6.45) is 0.328. The molecule has 0 saturated heterocycles. The molecule has 15 heavy (non-hydrogen) atoms. The van der Waals surface area contributed by atoms with E-state index in [4.69, 9.17) is 22.4 Å². The Balaban J connectivity index is 0.000000262. The van der Waals surface area contributed by atoms with Crippen molar-refractivity contribution >= 4 is 37.5 Å². The van der Waals surface area contributed by atoms with Gasteiger partial charge in [0.05, 0.1) is 12.2 Å². The van der Waals surface area contributed by atoms with Crippen LogP contribution in [-0.2, 0) is 0 Å². The lowest BCUT2D eigenvalue weighted by Crippen LogP contribution is -2.28. The summed E-state index contributed by atoms with van der Waals surface area (Å²) in [5.41, 5.74) is 0. The first-order valence-electron chi connectivity index (χ1n) is 4.33. The first-order chi connectivity index (χ1) is 7.11. The van der Waals surface area contributed by atoms with Crippen molar-refractivity contribution in [2.24, 2.45) is 0 Å². The second kappa shape index (κ2) is 9.23. The summed E-state index contributed by atoms with van der Waals surface area (Å²) in [6, 6.07) is 5.64. The van der Waals surface area contributed by atoms with Crippen LogP contribution >= 0.6 is 37.5 Å². The fraction of sp³-hybridized carbons (Fsp3) is 0.444. The number of hydrogen-bond acceptors (Lipinski definition) is 5. The van der Waals surface area contributed by atoms with E-state index >= 15 is 0 Å². The van der Waals surface area contributed by atoms with Crippen molar-refractivity contribution in [1.29, 1.82) is 0 Å². The summed E-state index contributed by atoms with van der Waals surface area (Å²) >= 11 is 12.3. The van der Waals surface area contributed by atoms with Gasteiger partial charge in [0, 0.05) is 17.7 Å². The van der Waals surface area contributed by atoms with Crippen molar-refractivity contribution in [1.82, 2.24) is 4.98 Å². The highest BCUT2D eigenvalue weighted by molar-refractivity contribution is 7.80. The van der Waals surface area contributed by atoms with Crippen LogP contribution in [0, 0.1) is 4.64 Å². The molecule has 0 aliphatic rings. The van der Waals surface area contributed by atoms with Gasteiger partial charge in [-0.3, -0.25) is 0 Å². The normalized spacial score (nSPS) is 13.6. The van der Waals surface area contributed by atoms with Gasteiger partial charge in [0.15, 0.2) is 0 Å². The SMILES string of the molecule is O[C@H](CS)[C@H](O)CS.S=c1cccc[nH]1. The zero-order valence-corrected chi connectivity index (χ0v) is 10.7. The Kier molecular flexibility index (Phi) is 9.23. The van der Waals surface area contributed by atoms with E-state index in [1.54, 1.807) is 0 Å². The second-order valence-corrected chi connectivity index (χ2v) is 3.90. The van der Waals surface area contributed by atoms with Crippen molar-refractivity contribution in [3.8, 4) is 0 Å². The minimum absolute atomic E-state index is 0.279. The lowest BCUT2D eigenvalue weighted by molar-refractivity contribution is 0.0504. The fourth-order valence-electron chi connectivity index (χ4n) is 0.620. The molecule has 0 fully saturated rings. The third kappa shape index (κ3) is 7.87. The predicted octanol–water partition coefficient (Wildman–Crippen LogP) is 1.31. The molecule has 3 nitrogen and oxygen atoms in total. The molecule has 0 spiro atoms. The Bertz CT molecular complexity index is 280. The molecule has 1 aromatic heterocycles. The van der Waals surface area contributed by atoms with Crippen LogP contribution in [0.15, 0.2) is 24.4 Å². The van der Waals surface area contributed by atoms with Gasteiger partial charge in [-0.25, -0.2) is 0 Å². The maximum Gasteiger partial charge on any atom is 0.103 e. The first-order valence-corrected chi connectivity index (χ1v) is 6.00. The van der Waals surface area contributed by atoms with Gasteiger partial charge in [-0.15, -0.1) is 0 Å². The molecule has 0 radical (unpaired) electrons. The average Bonchev–Trinajstić information content (AvgIpc) is 2.29. The number of hydrogen-bond donors (Lipinski definition) is 5. The topological polar surface area (TPSA) is 56.2 Å². The number of rotatable bonds is 3. The highest BCUT2D eigenvalue weighted by atomic mass is 32.1. The molecule has 3 N–H and O–H groups in total. The van der Waals surface area contributed by atoms with Crippen LogP contribution in [0.4, 0.5) is 0 Å². The lowest BCUT2D eigenvalue weighted by atomic mass is 10.3. The van der Waals surface area contributed by atoms with E-state index in [2.05, 4.69) is 30.2 Å². The van der Waals surface area contributed by atoms with Gasteiger partial charge < -0.3 is 15.2 Å². The number of H-pyrrole nitrogens is 1. The van der Waals surface area contributed by atoms with Crippen LogP contribution < -0.4 is 0 Å². The largest absolute Gasteiger partial charge is 0.390 e. The van der Waals surface area contributed by atoms with Gasteiger partial charge in [-0.1, -0.05) is 18.3 Å². The standard InChI is InChI=1S/C5H5NS.C4H10O2S2/c7-5-3-1-2-4-6-5;5-3(1-7)4(6)2-8/h1-4H,(H,6,7);3-8H,1-2H2/t;3-,4-/m.1/s1. The molecule has 6 heteroatoms. The first kappa shape index (κ1) is 15.0. The summed E-state index contributed by atoms with van der Waals surface area (Å²) in [6.45, 7) is 0. The average molecular weight is 265 g/mol. The van der Waals surface area contributed by atoms with Gasteiger partial charge >= 0.3 is 0 Å². The van der Waals surface area contributed by atoms with Crippen molar-refractivity contribution in [3.63, 3.8) is 0 Å². The third-order valence-electron chi connectivity index (χ3n) is 1.50. The van der Waals surface area contributed by atoms with Gasteiger partial charge in [-0.2, -0.15) is 25.3 Å². The summed E-state index contributed by atoms with van der Waals surface area (Å²) in [5.74, 6) is 0.559. The van der Waals surface area contributed by atoms with E-state index in [0.717, 1.165) is 4.64 Å². The minimum Gasteiger partial charge on any atom is -0.390 e. The third-order valence-corrected chi connectivity index (χ3v) is 2.50. The molecular formula is C9H15NO2S3. The van der Waals surface area contributed by atoms with Crippen molar-refractivity contribution in [2.75, 3.05) is 11.5 Å². The molecule has 0 amide bonds. The molecule has 86 valence electrons. The predicted molar refractivity (Wildman–Crippen MR) is 71.3 cm³/mol. The maximum atomic E-state index is 8.75. The molecule has 0 bridgehead atoms. The minimum atomic E-state index is -0.740. The van der Waals surface area contributed by atoms with E-state index in [9.17, 15) is 0 Å². The summed E-state index contributed by atoms with van der Waals surface area (Å²) in [7, 11) is 0. The fourth-order valence-corrected chi connectivity index (χ4v) is 1.25. The summed E-state index contributed by atoms with van der Waals surface area (Å²) < 4.78 is 0.780. The Morgan fingerprint density at radius 1 is 1.20 bits per heavy atom. The van der Waals surface area contributed by atoms with Crippen LogP contribution in [0.3, 0.4) is 0 Å². The van der Waals surface area contributed by atoms with Crippen LogP contribution in [0.5, 0.6) is 0 Å². The van der Waals surface area contributed by atoms with E-state index < -0.39 is 12.2 Å². The Labute approximate surface area is 105 Å². The molecule has 0 aliphatic carbocycles. The molecule has 1 aromatic rings. The quantitative estimate of drug-likeness (QED) is 0.423. The van der Waals surface area contributed by atoms with Gasteiger partial charge in [0.25, 0.3) is 0 Å². The lowest BCUT2D eigenvalue weighted by Gasteiger charge is -2.11. The smallest absolute Gasteiger partial charge is 0.103 e. The molecule has 1 heterocycles. The zero-order valence-electron chi connectivity index (χ0n) is 8.08. The Hall–Kier alpha value is -0.0100. The number of aliphatic hydroxyl groups is 2. The monoisotopic (exact) mass is 265 g/mol. The molecule has 0 unspecified atom stereocenters. The van der Waals surface area contributed by atoms with Crippen molar-refractivity contribution in [2.45, 2.75) is 12.2 Å². The molecule has 0 saturated carbocycles. The number of aromatic nitrogens is 1. The van der Waals surface area contributed by atoms with Crippen LogP contribution in [0.1, 0.15) is 0 Å². The number of aromatic amines is 1. The highest BCUT2D eigenvalue weighted by Gasteiger charge is 2.10. The number of aliphatic hydroxyl groups excluding tert-OH is 2. The molecule has 0 aromatic carbocycles. The highest BCUT2D eigenvalue weighted by Crippen LogP contribution is 1.96. The van der Waals surface area contributed by atoms with E-state index in [1.165, 1.54) is 0 Å². The zero-order chi connectivity index (χ0) is 11.7. The number of nitrogens with one attached hydrogen (secondary N) is 1. The van der Waals surface area contributed by atoms with Crippen LogP contribution in [0.25, 0.3) is 0 Å². The van der Waals surface area contributed by atoms with E-state index in [1.807, 2.05) is 24.4 Å². The van der Waals surface area contributed by atoms with Crippen LogP contribution in [-0.4, -0.2) is 38.9 Å². The summed E-state index contributed by atoms with van der Waals surface area (Å²) in [4.78, 5) is 2.85. The molecular weight excluding hydrogens is 250 g/mol. The van der Waals surface area contributed by atoms with Crippen molar-refractivity contribution in [3.05, 3.63) is 29.0 Å². The maximum absolute atomic E-state index is 8.75. The second-order valence-electron chi connectivity index (χ2n) is 2.73. The molecule has 0 aliphatic heterocycles. The molecule has 2 atom stereocenters. The van der Waals surface area contributed by atoms with E-state index in [0.29, 0.717) is 0 Å². The summed E-state index contributed by atoms with van der Waals surface area (Å²) in [5, 5.41) is 17.5. The van der Waals surface area contributed by atoms with Gasteiger partial charge in [0.1, 0.15) is 4.64 Å². The van der Waals surface area contributed by atoms with E-state index in [-0.39, 0.29) is 11.5 Å². The van der Waals surface area contributed by atoms with Crippen molar-refractivity contribution < 1.29 is 10.2 Å². The number of thiol groups is 2.